The molecule has 4 aromatic rings. The largest absolute Gasteiger partial charge is 0.490 e. The number of piperidine rings is 1. The molecular formula is C27H31FN8O. The minimum atomic E-state index is -0.274. The van der Waals surface area contributed by atoms with E-state index in [2.05, 4.69) is 31.0 Å². The van der Waals surface area contributed by atoms with Crippen molar-refractivity contribution >= 4 is 11.0 Å². The van der Waals surface area contributed by atoms with Gasteiger partial charge in [-0.1, -0.05) is 0 Å². The molecule has 5 rings (SSSR count). The van der Waals surface area contributed by atoms with E-state index in [4.69, 9.17) is 4.74 Å². The molecule has 10 heteroatoms. The highest BCUT2D eigenvalue weighted by Gasteiger charge is 2.24. The third-order valence-corrected chi connectivity index (χ3v) is 6.67. The van der Waals surface area contributed by atoms with Crippen LogP contribution in [0.2, 0.25) is 0 Å². The molecule has 192 valence electrons. The Bertz CT molecular complexity index is 1380. The number of nitrogens with one attached hydrogen (secondary N) is 1. The number of hydrogen-bond acceptors (Lipinski definition) is 7. The first-order valence-corrected chi connectivity index (χ1v) is 12.5. The van der Waals surface area contributed by atoms with Gasteiger partial charge in [0.05, 0.1) is 30.4 Å². The number of aromatic nitrogens is 5. The van der Waals surface area contributed by atoms with E-state index >= 15 is 0 Å². The molecule has 9 nitrogen and oxygen atoms in total. The summed E-state index contributed by atoms with van der Waals surface area (Å²) in [5.41, 5.74) is 3.39. The Labute approximate surface area is 215 Å². The van der Waals surface area contributed by atoms with Gasteiger partial charge in [-0.25, -0.2) is 14.4 Å². The number of halogens is 1. The molecule has 0 saturated carbocycles. The zero-order valence-corrected chi connectivity index (χ0v) is 21.1. The summed E-state index contributed by atoms with van der Waals surface area (Å²) in [5, 5.41) is 15.0. The maximum atomic E-state index is 14.1. The molecule has 0 aliphatic carbocycles. The first-order chi connectivity index (χ1) is 18.0. The Morgan fingerprint density at radius 1 is 1.24 bits per heavy atom. The minimum Gasteiger partial charge on any atom is -0.490 e. The van der Waals surface area contributed by atoms with Crippen LogP contribution < -0.4 is 4.74 Å². The van der Waals surface area contributed by atoms with E-state index in [0.717, 1.165) is 60.3 Å². The average Bonchev–Trinajstić information content (AvgIpc) is 3.54. The molecule has 1 saturated heterocycles. The molecular weight excluding hydrogens is 471 g/mol. The van der Waals surface area contributed by atoms with E-state index in [-0.39, 0.29) is 18.0 Å². The lowest BCUT2D eigenvalue weighted by atomic mass is 10.1. The fraction of sp³-hybridized carbons (Fsp3) is 0.407. The zero-order chi connectivity index (χ0) is 25.8. The third-order valence-electron chi connectivity index (χ3n) is 6.67. The van der Waals surface area contributed by atoms with Gasteiger partial charge in [-0.05, 0) is 50.7 Å². The van der Waals surface area contributed by atoms with Gasteiger partial charge in [0, 0.05) is 55.6 Å². The normalized spacial score (nSPS) is 15.8. The lowest BCUT2D eigenvalue weighted by Crippen LogP contribution is -2.41. The van der Waals surface area contributed by atoms with Crippen molar-refractivity contribution in [2.24, 2.45) is 0 Å². The number of likely N-dealkylation sites (tertiary alicyclic amines) is 1. The highest BCUT2D eigenvalue weighted by Crippen LogP contribution is 2.27. The van der Waals surface area contributed by atoms with Gasteiger partial charge in [-0.3, -0.25) is 4.68 Å². The first kappa shape index (κ1) is 24.9. The van der Waals surface area contributed by atoms with Crippen molar-refractivity contribution in [2.45, 2.75) is 38.0 Å². The topological polar surface area (TPSA) is 98.9 Å². The number of fused-ring (bicyclic) bond motifs is 1. The summed E-state index contributed by atoms with van der Waals surface area (Å²) < 4.78 is 22.1. The van der Waals surface area contributed by atoms with Crippen LogP contribution in [0.3, 0.4) is 0 Å². The van der Waals surface area contributed by atoms with E-state index < -0.39 is 0 Å². The summed E-state index contributed by atoms with van der Waals surface area (Å²) in [6.45, 7) is 3.07. The first-order valence-electron chi connectivity index (χ1n) is 12.5. The van der Waals surface area contributed by atoms with Gasteiger partial charge >= 0.3 is 0 Å². The van der Waals surface area contributed by atoms with Crippen LogP contribution >= 0.6 is 0 Å². The maximum absolute atomic E-state index is 14.1. The molecule has 1 aliphatic rings. The Hall–Kier alpha value is -3.81. The smallest absolute Gasteiger partial charge is 0.141 e. The number of hydrogen-bond donors (Lipinski definition) is 1. The number of aromatic amines is 1. The van der Waals surface area contributed by atoms with Crippen molar-refractivity contribution in [3.63, 3.8) is 0 Å². The van der Waals surface area contributed by atoms with Crippen molar-refractivity contribution in [1.29, 1.82) is 5.26 Å². The van der Waals surface area contributed by atoms with Gasteiger partial charge in [-0.2, -0.15) is 10.4 Å². The summed E-state index contributed by atoms with van der Waals surface area (Å²) in [7, 11) is 3.92. The van der Waals surface area contributed by atoms with Crippen molar-refractivity contribution in [2.75, 3.05) is 33.7 Å². The molecule has 37 heavy (non-hydrogen) atoms. The lowest BCUT2D eigenvalue weighted by molar-refractivity contribution is 0.0908. The van der Waals surface area contributed by atoms with Gasteiger partial charge in [-0.15, -0.1) is 0 Å². The van der Waals surface area contributed by atoms with Crippen molar-refractivity contribution in [3.05, 3.63) is 60.6 Å². The summed E-state index contributed by atoms with van der Waals surface area (Å²) in [5.74, 6) is 0.312. The number of rotatable bonds is 9. The van der Waals surface area contributed by atoms with E-state index in [1.807, 2.05) is 48.2 Å². The number of ether oxygens (including phenoxy) is 1. The van der Waals surface area contributed by atoms with E-state index in [0.29, 0.717) is 18.7 Å². The second kappa shape index (κ2) is 11.1. The number of benzene rings is 1. The van der Waals surface area contributed by atoms with Crippen LogP contribution in [0.25, 0.3) is 22.3 Å². The molecule has 0 radical (unpaired) electrons. The Kier molecular flexibility index (Phi) is 7.44. The second-order valence-corrected chi connectivity index (χ2v) is 9.84. The predicted octanol–water partition coefficient (Wildman–Crippen LogP) is 4.02. The molecule has 1 N–H and O–H groups in total. The van der Waals surface area contributed by atoms with Crippen LogP contribution in [0.15, 0.2) is 49.2 Å². The van der Waals surface area contributed by atoms with Crippen molar-refractivity contribution < 1.29 is 9.13 Å². The van der Waals surface area contributed by atoms with Crippen LogP contribution in [-0.4, -0.2) is 74.4 Å². The standard InChI is InChI=1S/C27H31FN8O/c1-34(2)15-19-11-21(28)13-24(12-19)37-23-5-9-35(10-6-23)17-22(3-7-29)36-16-20(14-33-36)26-25-4-8-30-27(25)32-18-31-26/h4,8,11-14,16,18,22-23H,3,5-6,9-10,15,17H2,1-2H3,(H,30,31,32)/t22-/m0/s1. The fourth-order valence-corrected chi connectivity index (χ4v) is 4.95. The molecule has 0 spiro atoms. The van der Waals surface area contributed by atoms with Crippen LogP contribution in [-0.2, 0) is 6.54 Å². The Balaban J connectivity index is 1.21. The molecule has 1 aliphatic heterocycles. The fourth-order valence-electron chi connectivity index (χ4n) is 4.95. The quantitative estimate of drug-likeness (QED) is 0.369. The van der Waals surface area contributed by atoms with E-state index in [1.165, 1.54) is 12.4 Å². The summed E-state index contributed by atoms with van der Waals surface area (Å²) in [6.07, 6.45) is 9.22. The molecule has 4 heterocycles. The van der Waals surface area contributed by atoms with Crippen LogP contribution in [0.4, 0.5) is 4.39 Å². The molecule has 0 amide bonds. The Morgan fingerprint density at radius 2 is 2.08 bits per heavy atom. The molecule has 1 fully saturated rings. The molecule has 1 aromatic carbocycles. The SMILES string of the molecule is CN(C)Cc1cc(F)cc(OC2CCN(C[C@H](CC#N)n3cc(-c4ncnc5[nH]ccc45)cn3)CC2)c1. The molecule has 0 unspecified atom stereocenters. The summed E-state index contributed by atoms with van der Waals surface area (Å²) in [6, 6.07) is 9.13. The number of nitriles is 1. The third kappa shape index (κ3) is 5.96. The Morgan fingerprint density at radius 3 is 2.86 bits per heavy atom. The van der Waals surface area contributed by atoms with Gasteiger partial charge in [0.2, 0.25) is 0 Å². The number of H-pyrrole nitrogens is 1. The molecule has 3 aromatic heterocycles. The predicted molar refractivity (Wildman–Crippen MR) is 138 cm³/mol. The van der Waals surface area contributed by atoms with E-state index in [1.54, 1.807) is 12.3 Å². The molecule has 1 atom stereocenters. The van der Waals surface area contributed by atoms with Gasteiger partial charge in [0.25, 0.3) is 0 Å². The van der Waals surface area contributed by atoms with Crippen LogP contribution in [0.5, 0.6) is 5.75 Å². The minimum absolute atomic E-state index is 0.0394. The average molecular weight is 503 g/mol. The van der Waals surface area contributed by atoms with Crippen molar-refractivity contribution in [1.82, 2.24) is 34.5 Å². The summed E-state index contributed by atoms with van der Waals surface area (Å²) in [4.78, 5) is 16.2. The highest BCUT2D eigenvalue weighted by molar-refractivity contribution is 5.89. The van der Waals surface area contributed by atoms with Crippen LogP contribution in [0, 0.1) is 17.1 Å². The molecule has 0 bridgehead atoms. The zero-order valence-electron chi connectivity index (χ0n) is 21.1. The van der Waals surface area contributed by atoms with Gasteiger partial charge in [0.15, 0.2) is 0 Å². The highest BCUT2D eigenvalue weighted by atomic mass is 19.1. The number of nitrogens with zero attached hydrogens (tertiary/aromatic N) is 7. The van der Waals surface area contributed by atoms with E-state index in [9.17, 15) is 9.65 Å². The maximum Gasteiger partial charge on any atom is 0.141 e. The monoisotopic (exact) mass is 502 g/mol. The second-order valence-electron chi connectivity index (χ2n) is 9.84. The summed E-state index contributed by atoms with van der Waals surface area (Å²) >= 11 is 0. The lowest BCUT2D eigenvalue weighted by Gasteiger charge is -2.34. The van der Waals surface area contributed by atoms with Gasteiger partial charge < -0.3 is 19.5 Å². The van der Waals surface area contributed by atoms with Crippen LogP contribution in [0.1, 0.15) is 30.9 Å². The van der Waals surface area contributed by atoms with Crippen molar-refractivity contribution in [3.8, 4) is 23.1 Å². The van der Waals surface area contributed by atoms with Gasteiger partial charge in [0.1, 0.15) is 29.6 Å².